The van der Waals surface area contributed by atoms with Crippen LogP contribution < -0.4 is 19.5 Å². The zero-order valence-corrected chi connectivity index (χ0v) is 16.4. The second-order valence-electron chi connectivity index (χ2n) is 6.70. The van der Waals surface area contributed by atoms with E-state index in [1.54, 1.807) is 0 Å². The Morgan fingerprint density at radius 1 is 0.714 bits per heavy atom. The van der Waals surface area contributed by atoms with Gasteiger partial charge in [-0.15, -0.1) is 0 Å². The summed E-state index contributed by atoms with van der Waals surface area (Å²) in [7, 11) is 0. The van der Waals surface area contributed by atoms with Crippen LogP contribution in [0.2, 0.25) is 0 Å². The Kier molecular flexibility index (Phi) is 7.19. The summed E-state index contributed by atoms with van der Waals surface area (Å²) in [5.41, 5.74) is 2.21. The van der Waals surface area contributed by atoms with E-state index in [-0.39, 0.29) is 6.10 Å². The summed E-state index contributed by atoms with van der Waals surface area (Å²) in [6.45, 7) is 5.79. The largest absolute Gasteiger partial charge is 0.491 e. The summed E-state index contributed by atoms with van der Waals surface area (Å²) in [5, 5.41) is 3.43. The van der Waals surface area contributed by atoms with Gasteiger partial charge in [-0.2, -0.15) is 0 Å². The van der Waals surface area contributed by atoms with E-state index >= 15 is 0 Å². The summed E-state index contributed by atoms with van der Waals surface area (Å²) >= 11 is 0. The van der Waals surface area contributed by atoms with Gasteiger partial charge in [0.1, 0.15) is 30.5 Å². The molecule has 0 unspecified atom stereocenters. The molecule has 3 aromatic carbocycles. The fourth-order valence-corrected chi connectivity index (χ4v) is 2.69. The number of rotatable bonds is 10. The summed E-state index contributed by atoms with van der Waals surface area (Å²) in [6, 6.07) is 25.9. The lowest BCUT2D eigenvalue weighted by Crippen LogP contribution is -2.09. The SMILES string of the molecule is CC(C)Oc1ccc(CNc2cccc(OCCOc3ccccc3)c2)cc1. The van der Waals surface area contributed by atoms with Crippen LogP contribution in [0.3, 0.4) is 0 Å². The Morgan fingerprint density at radius 2 is 1.39 bits per heavy atom. The lowest BCUT2D eigenvalue weighted by molar-refractivity contribution is 0.217. The number of hydrogen-bond acceptors (Lipinski definition) is 4. The molecule has 4 heteroatoms. The summed E-state index contributed by atoms with van der Waals surface area (Å²) in [5.74, 6) is 2.57. The minimum Gasteiger partial charge on any atom is -0.491 e. The van der Waals surface area contributed by atoms with Crippen molar-refractivity contribution in [3.8, 4) is 17.2 Å². The summed E-state index contributed by atoms with van der Waals surface area (Å²) in [6.07, 6.45) is 0.185. The van der Waals surface area contributed by atoms with Gasteiger partial charge in [0.15, 0.2) is 0 Å². The number of ether oxygens (including phenoxy) is 3. The molecule has 0 atom stereocenters. The van der Waals surface area contributed by atoms with Crippen molar-refractivity contribution in [2.24, 2.45) is 0 Å². The first-order valence-electron chi connectivity index (χ1n) is 9.59. The van der Waals surface area contributed by atoms with E-state index in [0.717, 1.165) is 29.5 Å². The average Bonchev–Trinajstić information content (AvgIpc) is 2.71. The molecule has 0 amide bonds. The van der Waals surface area contributed by atoms with E-state index in [1.807, 2.05) is 80.6 Å². The minimum atomic E-state index is 0.185. The summed E-state index contributed by atoms with van der Waals surface area (Å²) in [4.78, 5) is 0. The Balaban J connectivity index is 1.44. The molecule has 3 rings (SSSR count). The van der Waals surface area contributed by atoms with Crippen LogP contribution in [0.5, 0.6) is 17.2 Å². The first-order valence-corrected chi connectivity index (χ1v) is 9.59. The molecule has 3 aromatic rings. The molecule has 0 aliphatic rings. The number of hydrogen-bond donors (Lipinski definition) is 1. The average molecular weight is 377 g/mol. The fraction of sp³-hybridized carbons (Fsp3) is 0.250. The van der Waals surface area contributed by atoms with Crippen molar-refractivity contribution in [1.29, 1.82) is 0 Å². The van der Waals surface area contributed by atoms with Gasteiger partial charge in [-0.3, -0.25) is 0 Å². The lowest BCUT2D eigenvalue weighted by Gasteiger charge is -2.12. The highest BCUT2D eigenvalue weighted by molar-refractivity contribution is 5.48. The van der Waals surface area contributed by atoms with Gasteiger partial charge in [-0.05, 0) is 55.8 Å². The van der Waals surface area contributed by atoms with Gasteiger partial charge >= 0.3 is 0 Å². The van der Waals surface area contributed by atoms with Gasteiger partial charge in [0, 0.05) is 18.3 Å². The predicted octanol–water partition coefficient (Wildman–Crippen LogP) is 5.54. The third-order valence-corrected chi connectivity index (χ3v) is 3.99. The first kappa shape index (κ1) is 19.6. The second kappa shape index (κ2) is 10.3. The monoisotopic (exact) mass is 377 g/mol. The highest BCUT2D eigenvalue weighted by Gasteiger charge is 2.01. The van der Waals surface area contributed by atoms with Crippen LogP contribution in [-0.4, -0.2) is 19.3 Å². The molecule has 28 heavy (non-hydrogen) atoms. The van der Waals surface area contributed by atoms with Crippen molar-refractivity contribution in [3.63, 3.8) is 0 Å². The second-order valence-corrected chi connectivity index (χ2v) is 6.70. The summed E-state index contributed by atoms with van der Waals surface area (Å²) < 4.78 is 17.1. The molecule has 0 saturated heterocycles. The molecular weight excluding hydrogens is 350 g/mol. The number of nitrogens with one attached hydrogen (secondary N) is 1. The number of benzene rings is 3. The minimum absolute atomic E-state index is 0.185. The lowest BCUT2D eigenvalue weighted by atomic mass is 10.2. The molecular formula is C24H27NO3. The van der Waals surface area contributed by atoms with Crippen molar-refractivity contribution >= 4 is 5.69 Å². The van der Waals surface area contributed by atoms with Crippen LogP contribution in [0.1, 0.15) is 19.4 Å². The maximum atomic E-state index is 5.79. The van der Waals surface area contributed by atoms with Gasteiger partial charge in [0.25, 0.3) is 0 Å². The van der Waals surface area contributed by atoms with E-state index in [4.69, 9.17) is 14.2 Å². The first-order chi connectivity index (χ1) is 13.7. The van der Waals surface area contributed by atoms with E-state index in [1.165, 1.54) is 5.56 Å². The smallest absolute Gasteiger partial charge is 0.122 e. The van der Waals surface area contributed by atoms with Gasteiger partial charge < -0.3 is 19.5 Å². The highest BCUT2D eigenvalue weighted by atomic mass is 16.5. The molecule has 0 saturated carbocycles. The van der Waals surface area contributed by atoms with Gasteiger partial charge in [-0.25, -0.2) is 0 Å². The van der Waals surface area contributed by atoms with Crippen LogP contribution in [-0.2, 0) is 6.54 Å². The Bertz CT molecular complexity index is 832. The molecule has 4 nitrogen and oxygen atoms in total. The Morgan fingerprint density at radius 3 is 2.11 bits per heavy atom. The zero-order valence-electron chi connectivity index (χ0n) is 16.4. The fourth-order valence-electron chi connectivity index (χ4n) is 2.69. The standard InChI is InChI=1S/C24H27NO3/c1-19(2)28-23-13-11-20(12-14-23)18-25-21-7-6-10-24(17-21)27-16-15-26-22-8-4-3-5-9-22/h3-14,17,19,25H,15-16,18H2,1-2H3. The van der Waals surface area contributed by atoms with Gasteiger partial charge in [-0.1, -0.05) is 36.4 Å². The van der Waals surface area contributed by atoms with Gasteiger partial charge in [0.2, 0.25) is 0 Å². The molecule has 146 valence electrons. The van der Waals surface area contributed by atoms with E-state index in [0.29, 0.717) is 13.2 Å². The Labute approximate surface area is 167 Å². The Hall–Kier alpha value is -3.14. The van der Waals surface area contributed by atoms with Crippen molar-refractivity contribution in [2.45, 2.75) is 26.5 Å². The van der Waals surface area contributed by atoms with E-state index in [2.05, 4.69) is 17.4 Å². The van der Waals surface area contributed by atoms with Crippen LogP contribution >= 0.6 is 0 Å². The third-order valence-electron chi connectivity index (χ3n) is 3.99. The molecule has 0 aliphatic carbocycles. The van der Waals surface area contributed by atoms with Crippen molar-refractivity contribution < 1.29 is 14.2 Å². The topological polar surface area (TPSA) is 39.7 Å². The van der Waals surface area contributed by atoms with E-state index in [9.17, 15) is 0 Å². The molecule has 0 spiro atoms. The van der Waals surface area contributed by atoms with Crippen LogP contribution in [0.25, 0.3) is 0 Å². The normalized spacial score (nSPS) is 10.5. The number of anilines is 1. The predicted molar refractivity (Wildman–Crippen MR) is 113 cm³/mol. The molecule has 0 bridgehead atoms. The van der Waals surface area contributed by atoms with Crippen LogP contribution in [0, 0.1) is 0 Å². The molecule has 0 fully saturated rings. The van der Waals surface area contributed by atoms with Crippen molar-refractivity contribution in [2.75, 3.05) is 18.5 Å². The molecule has 1 N–H and O–H groups in total. The van der Waals surface area contributed by atoms with Crippen LogP contribution in [0.15, 0.2) is 78.9 Å². The van der Waals surface area contributed by atoms with Crippen molar-refractivity contribution in [3.05, 3.63) is 84.4 Å². The molecule has 0 radical (unpaired) electrons. The van der Waals surface area contributed by atoms with Crippen molar-refractivity contribution in [1.82, 2.24) is 0 Å². The molecule has 0 aromatic heterocycles. The molecule has 0 aliphatic heterocycles. The van der Waals surface area contributed by atoms with E-state index < -0.39 is 0 Å². The quantitative estimate of drug-likeness (QED) is 0.471. The highest BCUT2D eigenvalue weighted by Crippen LogP contribution is 2.19. The maximum absolute atomic E-state index is 5.79. The van der Waals surface area contributed by atoms with Gasteiger partial charge in [0.05, 0.1) is 6.10 Å². The zero-order chi connectivity index (χ0) is 19.6. The molecule has 0 heterocycles. The number of para-hydroxylation sites is 1. The van der Waals surface area contributed by atoms with Crippen LogP contribution in [0.4, 0.5) is 5.69 Å². The third kappa shape index (κ3) is 6.54. The maximum Gasteiger partial charge on any atom is 0.122 e.